The molecule has 0 radical (unpaired) electrons. The van der Waals surface area contributed by atoms with Gasteiger partial charge in [0.2, 0.25) is 0 Å². The average molecular weight is 335 g/mol. The van der Waals surface area contributed by atoms with Crippen molar-refractivity contribution in [1.82, 2.24) is 9.62 Å². The average Bonchev–Trinajstić information content (AvgIpc) is 2.78. The summed E-state index contributed by atoms with van der Waals surface area (Å²) in [4.78, 5) is 1.07. The molecule has 0 fully saturated rings. The van der Waals surface area contributed by atoms with Crippen molar-refractivity contribution in [1.29, 1.82) is 0 Å². The Hall–Kier alpha value is -0.470. The smallest absolute Gasteiger partial charge is 0.252 e. The lowest BCUT2D eigenvalue weighted by atomic mass is 10.3. The Balaban J connectivity index is 3.04. The number of methoxy groups -OCH3 is 1. The first kappa shape index (κ1) is 18.6. The maximum atomic E-state index is 12.8. The number of nitrogens with zero attached hydrogens (tertiary/aromatic N) is 1. The summed E-state index contributed by atoms with van der Waals surface area (Å²) in [6, 6.07) is 1.68. The summed E-state index contributed by atoms with van der Waals surface area (Å²) in [7, 11) is -1.88. The van der Waals surface area contributed by atoms with Crippen molar-refractivity contribution >= 4 is 21.4 Å². The first-order chi connectivity index (χ1) is 9.84. The molecule has 0 spiro atoms. The Labute approximate surface area is 132 Å². The van der Waals surface area contributed by atoms with Gasteiger partial charge < -0.3 is 10.1 Å². The summed E-state index contributed by atoms with van der Waals surface area (Å²) < 4.78 is 32.5. The van der Waals surface area contributed by atoms with Gasteiger partial charge in [0.15, 0.2) is 0 Å². The van der Waals surface area contributed by atoms with Crippen molar-refractivity contribution in [3.05, 3.63) is 16.5 Å². The van der Waals surface area contributed by atoms with E-state index in [1.165, 1.54) is 15.6 Å². The number of hydrogen-bond donors (Lipinski definition) is 1. The second-order valence-corrected chi connectivity index (χ2v) is 8.41. The predicted octanol–water partition coefficient (Wildman–Crippen LogP) is 2.21. The highest BCUT2D eigenvalue weighted by Crippen LogP contribution is 2.29. The highest BCUT2D eigenvalue weighted by Gasteiger charge is 2.28. The van der Waals surface area contributed by atoms with Crippen molar-refractivity contribution in [2.75, 3.05) is 26.8 Å². The van der Waals surface area contributed by atoms with Gasteiger partial charge in [-0.1, -0.05) is 6.92 Å². The quantitative estimate of drug-likeness (QED) is 0.752. The van der Waals surface area contributed by atoms with Gasteiger partial charge in [-0.15, -0.1) is 11.3 Å². The minimum absolute atomic E-state index is 0.0928. The van der Waals surface area contributed by atoms with Crippen LogP contribution in [-0.4, -0.2) is 45.6 Å². The van der Waals surface area contributed by atoms with Gasteiger partial charge in [-0.05, 0) is 38.9 Å². The second kappa shape index (κ2) is 8.24. The Morgan fingerprint density at radius 1 is 1.43 bits per heavy atom. The third-order valence-corrected chi connectivity index (χ3v) is 6.95. The minimum atomic E-state index is -3.46. The van der Waals surface area contributed by atoms with E-state index in [1.807, 2.05) is 27.7 Å². The summed E-state index contributed by atoms with van der Waals surface area (Å²) in [5.74, 6) is 0. The number of thiophene rings is 1. The highest BCUT2D eigenvalue weighted by molar-refractivity contribution is 7.91. The van der Waals surface area contributed by atoms with Gasteiger partial charge in [0.1, 0.15) is 4.21 Å². The number of nitrogens with one attached hydrogen (secondary N) is 1. The van der Waals surface area contributed by atoms with Crippen LogP contribution in [-0.2, 0) is 21.3 Å². The maximum Gasteiger partial charge on any atom is 0.252 e. The van der Waals surface area contributed by atoms with Crippen LogP contribution in [0, 0.1) is 6.92 Å². The van der Waals surface area contributed by atoms with E-state index < -0.39 is 10.0 Å². The monoisotopic (exact) mass is 334 g/mol. The summed E-state index contributed by atoms with van der Waals surface area (Å²) in [5.41, 5.74) is 1.02. The Morgan fingerprint density at radius 2 is 2.10 bits per heavy atom. The van der Waals surface area contributed by atoms with Crippen molar-refractivity contribution in [2.45, 2.75) is 44.5 Å². The zero-order valence-corrected chi connectivity index (χ0v) is 15.1. The van der Waals surface area contributed by atoms with E-state index in [0.29, 0.717) is 23.9 Å². The Kier molecular flexibility index (Phi) is 7.29. The summed E-state index contributed by atoms with van der Waals surface area (Å²) in [5, 5.41) is 3.24. The number of hydrogen-bond acceptors (Lipinski definition) is 5. The van der Waals surface area contributed by atoms with Crippen LogP contribution < -0.4 is 5.32 Å². The first-order valence-corrected chi connectivity index (χ1v) is 9.41. The van der Waals surface area contributed by atoms with Crippen molar-refractivity contribution < 1.29 is 13.2 Å². The number of ether oxygens (including phenoxy) is 1. The molecule has 1 N–H and O–H groups in total. The molecule has 0 atom stereocenters. The summed E-state index contributed by atoms with van der Waals surface area (Å²) in [6.45, 7) is 10.1. The van der Waals surface area contributed by atoms with Gasteiger partial charge in [0.05, 0.1) is 6.61 Å². The molecule has 0 unspecified atom stereocenters. The lowest BCUT2D eigenvalue weighted by Crippen LogP contribution is -2.38. The molecule has 1 heterocycles. The van der Waals surface area contributed by atoms with Gasteiger partial charge in [-0.3, -0.25) is 0 Å². The maximum absolute atomic E-state index is 12.8. The topological polar surface area (TPSA) is 58.6 Å². The number of rotatable bonds is 9. The molecule has 0 bridgehead atoms. The molecular formula is C14H26N2O3S2. The molecule has 0 saturated carbocycles. The summed E-state index contributed by atoms with van der Waals surface area (Å²) in [6.07, 6.45) is 0. The fourth-order valence-electron chi connectivity index (χ4n) is 1.98. The van der Waals surface area contributed by atoms with Gasteiger partial charge in [-0.25, -0.2) is 8.42 Å². The van der Waals surface area contributed by atoms with Crippen LogP contribution in [0.25, 0.3) is 0 Å². The van der Waals surface area contributed by atoms with Crippen LogP contribution >= 0.6 is 11.3 Å². The SMILES string of the molecule is CCNCc1sc(S(=O)(=O)N(CCOC)C(C)C)cc1C. The summed E-state index contributed by atoms with van der Waals surface area (Å²) >= 11 is 1.35. The van der Waals surface area contributed by atoms with Crippen molar-refractivity contribution in [3.63, 3.8) is 0 Å². The normalized spacial score (nSPS) is 12.5. The molecule has 5 nitrogen and oxygen atoms in total. The molecule has 0 aromatic carbocycles. The third kappa shape index (κ3) is 4.75. The van der Waals surface area contributed by atoms with E-state index in [-0.39, 0.29) is 6.04 Å². The molecule has 0 aliphatic rings. The lowest BCUT2D eigenvalue weighted by Gasteiger charge is -2.24. The number of sulfonamides is 1. The fraction of sp³-hybridized carbons (Fsp3) is 0.714. The largest absolute Gasteiger partial charge is 0.383 e. The zero-order chi connectivity index (χ0) is 16.0. The third-order valence-electron chi connectivity index (χ3n) is 3.19. The highest BCUT2D eigenvalue weighted by atomic mass is 32.2. The van der Waals surface area contributed by atoms with Crippen LogP contribution in [0.5, 0.6) is 0 Å². The van der Waals surface area contributed by atoms with Crippen LogP contribution in [0.2, 0.25) is 0 Å². The van der Waals surface area contributed by atoms with E-state index in [9.17, 15) is 8.42 Å². The molecule has 0 saturated heterocycles. The van der Waals surface area contributed by atoms with E-state index >= 15 is 0 Å². The molecule has 7 heteroatoms. The minimum Gasteiger partial charge on any atom is -0.383 e. The molecule has 1 aromatic rings. The molecular weight excluding hydrogens is 308 g/mol. The molecule has 21 heavy (non-hydrogen) atoms. The van der Waals surface area contributed by atoms with Gasteiger partial charge in [-0.2, -0.15) is 4.31 Å². The van der Waals surface area contributed by atoms with Crippen molar-refractivity contribution in [2.24, 2.45) is 0 Å². The molecule has 1 aromatic heterocycles. The van der Waals surface area contributed by atoms with Gasteiger partial charge >= 0.3 is 0 Å². The van der Waals surface area contributed by atoms with Gasteiger partial charge in [0.25, 0.3) is 10.0 Å². The second-order valence-electron chi connectivity index (χ2n) is 5.15. The standard InChI is InChI=1S/C14H26N2O3S2/c1-6-15-10-13-12(4)9-14(20-13)21(17,18)16(11(2)3)7-8-19-5/h9,11,15H,6-8,10H2,1-5H3. The van der Waals surface area contributed by atoms with Crippen molar-refractivity contribution in [3.8, 4) is 0 Å². The molecule has 0 amide bonds. The van der Waals surface area contributed by atoms with E-state index in [2.05, 4.69) is 5.32 Å². The first-order valence-electron chi connectivity index (χ1n) is 7.15. The molecule has 1 rings (SSSR count). The lowest BCUT2D eigenvalue weighted by molar-refractivity contribution is 0.171. The van der Waals surface area contributed by atoms with Gasteiger partial charge in [0, 0.05) is 31.1 Å². The molecule has 0 aliphatic heterocycles. The molecule has 122 valence electrons. The molecule has 0 aliphatic carbocycles. The fourth-order valence-corrected chi connectivity index (χ4v) is 5.29. The van der Waals surface area contributed by atoms with E-state index in [1.54, 1.807) is 13.2 Å². The number of aryl methyl sites for hydroxylation is 1. The van der Waals surface area contributed by atoms with Crippen LogP contribution in [0.4, 0.5) is 0 Å². The van der Waals surface area contributed by atoms with E-state index in [0.717, 1.165) is 17.0 Å². The predicted molar refractivity (Wildman–Crippen MR) is 87.3 cm³/mol. The van der Waals surface area contributed by atoms with Crippen LogP contribution in [0.1, 0.15) is 31.2 Å². The van der Waals surface area contributed by atoms with Crippen LogP contribution in [0.15, 0.2) is 10.3 Å². The zero-order valence-electron chi connectivity index (χ0n) is 13.5. The Morgan fingerprint density at radius 3 is 2.62 bits per heavy atom. The van der Waals surface area contributed by atoms with Crippen LogP contribution in [0.3, 0.4) is 0 Å². The van der Waals surface area contributed by atoms with E-state index in [4.69, 9.17) is 4.74 Å². The Bertz CT molecular complexity index is 538.